The van der Waals surface area contributed by atoms with E-state index in [0.717, 1.165) is 23.7 Å². The Hall–Kier alpha value is -2.60. The first-order valence-electron chi connectivity index (χ1n) is 10.4. The fourth-order valence-corrected chi connectivity index (χ4v) is 6.98. The molecule has 4 aliphatic rings. The van der Waals surface area contributed by atoms with Crippen molar-refractivity contribution in [3.05, 3.63) is 95.1 Å². The molecule has 0 N–H and O–H groups in total. The molecule has 2 saturated carbocycles. The highest BCUT2D eigenvalue weighted by Crippen LogP contribution is 2.67. The maximum atomic E-state index is 2.42. The highest BCUT2D eigenvalue weighted by atomic mass is 14.6. The van der Waals surface area contributed by atoms with Crippen molar-refractivity contribution in [2.75, 3.05) is 0 Å². The maximum Gasteiger partial charge on any atom is -0.00493 e. The van der Waals surface area contributed by atoms with Crippen LogP contribution in [0.1, 0.15) is 47.4 Å². The van der Waals surface area contributed by atoms with Crippen molar-refractivity contribution in [3.8, 4) is 11.1 Å². The van der Waals surface area contributed by atoms with Crippen molar-refractivity contribution in [3.63, 3.8) is 0 Å². The Balaban J connectivity index is 1.61. The Morgan fingerprint density at radius 1 is 0.519 bits per heavy atom. The Morgan fingerprint density at radius 3 is 1.70 bits per heavy atom. The van der Waals surface area contributed by atoms with Gasteiger partial charge in [0.2, 0.25) is 0 Å². The van der Waals surface area contributed by atoms with Gasteiger partial charge >= 0.3 is 0 Å². The number of rotatable bonds is 0. The third-order valence-corrected chi connectivity index (χ3v) is 7.81. The van der Waals surface area contributed by atoms with E-state index in [0.29, 0.717) is 0 Å². The Labute approximate surface area is 160 Å². The van der Waals surface area contributed by atoms with Gasteiger partial charge in [-0.05, 0) is 87.5 Å². The molecule has 0 nitrogen and oxygen atoms in total. The predicted molar refractivity (Wildman–Crippen MR) is 111 cm³/mol. The summed E-state index contributed by atoms with van der Waals surface area (Å²) >= 11 is 0. The summed E-state index contributed by atoms with van der Waals surface area (Å²) in [6.07, 6.45) is 4.32. The monoisotopic (exact) mass is 346 g/mol. The molecule has 130 valence electrons. The molecule has 3 aromatic rings. The van der Waals surface area contributed by atoms with E-state index in [-0.39, 0.29) is 0 Å². The predicted octanol–water partition coefficient (Wildman–Crippen LogP) is 6.77. The summed E-state index contributed by atoms with van der Waals surface area (Å²) in [5.74, 6) is 3.29. The summed E-state index contributed by atoms with van der Waals surface area (Å²) in [4.78, 5) is 0. The minimum Gasteiger partial charge on any atom is -0.0619 e. The van der Waals surface area contributed by atoms with Crippen LogP contribution in [-0.2, 0) is 0 Å². The number of hydrogen-bond acceptors (Lipinski definition) is 0. The average molecular weight is 346 g/mol. The van der Waals surface area contributed by atoms with E-state index in [1.54, 1.807) is 16.7 Å². The van der Waals surface area contributed by atoms with Crippen molar-refractivity contribution in [2.45, 2.75) is 25.2 Å². The molecule has 0 spiro atoms. The van der Waals surface area contributed by atoms with Gasteiger partial charge in [0, 0.05) is 0 Å². The van der Waals surface area contributed by atoms with Crippen LogP contribution in [0.3, 0.4) is 0 Å². The lowest BCUT2D eigenvalue weighted by molar-refractivity contribution is 0.365. The molecule has 0 saturated heterocycles. The molecule has 0 amide bonds. The normalized spacial score (nSPS) is 28.9. The van der Waals surface area contributed by atoms with E-state index < -0.39 is 0 Å². The van der Waals surface area contributed by atoms with E-state index >= 15 is 0 Å². The summed E-state index contributed by atoms with van der Waals surface area (Å²) in [5.41, 5.74) is 12.1. The van der Waals surface area contributed by atoms with Gasteiger partial charge in [0.05, 0.1) is 0 Å². The van der Waals surface area contributed by atoms with Gasteiger partial charge in [0.15, 0.2) is 0 Å². The minimum absolute atomic E-state index is 0.732. The van der Waals surface area contributed by atoms with Crippen LogP contribution in [0.4, 0.5) is 0 Å². The van der Waals surface area contributed by atoms with Gasteiger partial charge < -0.3 is 0 Å². The van der Waals surface area contributed by atoms with Crippen LogP contribution < -0.4 is 0 Å². The summed E-state index contributed by atoms with van der Waals surface area (Å²) in [5, 5.41) is 0. The second kappa shape index (κ2) is 5.01. The Kier molecular flexibility index (Phi) is 2.68. The first-order valence-corrected chi connectivity index (χ1v) is 10.4. The van der Waals surface area contributed by atoms with Crippen LogP contribution >= 0.6 is 0 Å². The van der Waals surface area contributed by atoms with Gasteiger partial charge in [-0.1, -0.05) is 72.8 Å². The zero-order valence-corrected chi connectivity index (χ0v) is 15.4. The van der Waals surface area contributed by atoms with Crippen molar-refractivity contribution in [1.82, 2.24) is 0 Å². The molecular weight excluding hydrogens is 324 g/mol. The zero-order chi connectivity index (χ0) is 17.5. The van der Waals surface area contributed by atoms with Crippen LogP contribution in [0.25, 0.3) is 22.3 Å². The molecule has 3 aromatic carbocycles. The van der Waals surface area contributed by atoms with Gasteiger partial charge in [-0.2, -0.15) is 0 Å². The van der Waals surface area contributed by atoms with E-state index in [2.05, 4.69) is 72.8 Å². The van der Waals surface area contributed by atoms with Gasteiger partial charge in [-0.3, -0.25) is 0 Å². The third kappa shape index (κ3) is 1.70. The van der Waals surface area contributed by atoms with Crippen LogP contribution in [-0.4, -0.2) is 0 Å². The molecule has 0 heterocycles. The summed E-state index contributed by atoms with van der Waals surface area (Å²) in [7, 11) is 0. The van der Waals surface area contributed by atoms with Gasteiger partial charge in [0.1, 0.15) is 0 Å². The van der Waals surface area contributed by atoms with Crippen LogP contribution in [0.5, 0.6) is 0 Å². The molecule has 2 fully saturated rings. The number of hydrogen-bond donors (Lipinski definition) is 0. The molecular formula is C27H22. The summed E-state index contributed by atoms with van der Waals surface area (Å²) in [6.45, 7) is 0. The largest absolute Gasteiger partial charge is 0.0619 e. The molecule has 0 heteroatoms. The lowest BCUT2D eigenvalue weighted by atomic mass is 9.76. The van der Waals surface area contributed by atoms with Crippen LogP contribution in [0.2, 0.25) is 0 Å². The van der Waals surface area contributed by atoms with Crippen molar-refractivity contribution in [1.29, 1.82) is 0 Å². The fourth-order valence-electron chi connectivity index (χ4n) is 6.98. The van der Waals surface area contributed by atoms with Gasteiger partial charge in [-0.15, -0.1) is 0 Å². The van der Waals surface area contributed by atoms with E-state index in [9.17, 15) is 0 Å². The van der Waals surface area contributed by atoms with E-state index in [4.69, 9.17) is 0 Å². The Bertz CT molecular complexity index is 1080. The average Bonchev–Trinajstić information content (AvgIpc) is 3.47. The highest BCUT2D eigenvalue weighted by Gasteiger charge is 2.54. The van der Waals surface area contributed by atoms with Gasteiger partial charge in [-0.25, -0.2) is 0 Å². The lowest BCUT2D eigenvalue weighted by Crippen LogP contribution is -2.16. The molecule has 7 rings (SSSR count). The molecule has 4 aliphatic carbocycles. The summed E-state index contributed by atoms with van der Waals surface area (Å²) in [6, 6.07) is 27.4. The smallest absolute Gasteiger partial charge is 0.00493 e. The van der Waals surface area contributed by atoms with Gasteiger partial charge in [0.25, 0.3) is 0 Å². The van der Waals surface area contributed by atoms with Crippen LogP contribution in [0.15, 0.2) is 72.8 Å². The fraction of sp³-hybridized carbons (Fsp3) is 0.259. The first kappa shape index (κ1) is 14.5. The van der Waals surface area contributed by atoms with Crippen molar-refractivity contribution < 1.29 is 0 Å². The SMILES string of the molecule is c1ccc2c(c1)C(=C1c3ccccc3C3C1[C@H]1CC[C@@H]3C1)c1ccccc1-2. The molecule has 2 bridgehead atoms. The van der Waals surface area contributed by atoms with Crippen molar-refractivity contribution >= 4 is 11.1 Å². The summed E-state index contributed by atoms with van der Waals surface area (Å²) < 4.78 is 0. The maximum absolute atomic E-state index is 2.42. The first-order chi connectivity index (χ1) is 13.4. The second-order valence-corrected chi connectivity index (χ2v) is 8.85. The van der Waals surface area contributed by atoms with E-state index in [1.807, 2.05) is 0 Å². The quantitative estimate of drug-likeness (QED) is 0.329. The lowest BCUT2D eigenvalue weighted by Gasteiger charge is -2.27. The second-order valence-electron chi connectivity index (χ2n) is 8.85. The standard InChI is InChI=1S/C27H22/c1-3-9-20-18(7-1)19-8-2-4-10-21(19)26(20)27-23-12-6-5-11-22(23)24-16-13-14-17(15-16)25(24)27/h1-12,16-17,24-25H,13-15H2/t16-,17+,24?,25?/m1/s1. The highest BCUT2D eigenvalue weighted by molar-refractivity contribution is 6.12. The topological polar surface area (TPSA) is 0 Å². The van der Waals surface area contributed by atoms with Crippen molar-refractivity contribution in [2.24, 2.45) is 17.8 Å². The molecule has 0 radical (unpaired) electrons. The number of fused-ring (bicyclic) bond motifs is 10. The molecule has 27 heavy (non-hydrogen) atoms. The van der Waals surface area contributed by atoms with E-state index in [1.165, 1.54) is 47.1 Å². The molecule has 0 aliphatic heterocycles. The van der Waals surface area contributed by atoms with Crippen LogP contribution in [0, 0.1) is 17.8 Å². The molecule has 0 aromatic heterocycles. The molecule has 2 unspecified atom stereocenters. The Morgan fingerprint density at radius 2 is 1.04 bits per heavy atom. The third-order valence-electron chi connectivity index (χ3n) is 7.81. The number of benzene rings is 3. The number of allylic oxidation sites excluding steroid dienone is 1. The molecule has 4 atom stereocenters. The zero-order valence-electron chi connectivity index (χ0n) is 15.4. The minimum atomic E-state index is 0.732.